The van der Waals surface area contributed by atoms with Crippen molar-refractivity contribution in [3.05, 3.63) is 30.6 Å². The molecule has 0 radical (unpaired) electrons. The van der Waals surface area contributed by atoms with Crippen LogP contribution in [0.15, 0.2) is 30.6 Å². The first-order valence-electron chi connectivity index (χ1n) is 10.3. The molecular formula is C22H23F3N4O4. The Morgan fingerprint density at radius 3 is 2.61 bits per heavy atom. The van der Waals surface area contributed by atoms with Crippen molar-refractivity contribution in [2.24, 2.45) is 5.92 Å². The zero-order valence-electron chi connectivity index (χ0n) is 18.3. The summed E-state index contributed by atoms with van der Waals surface area (Å²) in [5.41, 5.74) is 1.54. The van der Waals surface area contributed by atoms with Gasteiger partial charge in [-0.1, -0.05) is 0 Å². The van der Waals surface area contributed by atoms with Gasteiger partial charge in [0, 0.05) is 24.4 Å². The Balaban J connectivity index is 1.79. The highest BCUT2D eigenvalue weighted by Gasteiger charge is 2.32. The SMILES string of the molecule is COc1ccc(-c2cc3ncn(CC(F)(F)F)c3c(OC(C)[C@H]3CNC(=O)C3)n2)cc1OC. The van der Waals surface area contributed by atoms with Crippen LogP contribution in [0.5, 0.6) is 17.4 Å². The molecule has 1 aromatic carbocycles. The Morgan fingerprint density at radius 1 is 1.21 bits per heavy atom. The first kappa shape index (κ1) is 22.7. The molecule has 0 bridgehead atoms. The van der Waals surface area contributed by atoms with E-state index >= 15 is 0 Å². The van der Waals surface area contributed by atoms with Gasteiger partial charge in [0.15, 0.2) is 11.5 Å². The second kappa shape index (κ2) is 8.80. The number of nitrogens with zero attached hydrogens (tertiary/aromatic N) is 3. The van der Waals surface area contributed by atoms with Crippen LogP contribution in [0, 0.1) is 5.92 Å². The molecule has 1 aliphatic rings. The van der Waals surface area contributed by atoms with Crippen molar-refractivity contribution < 1.29 is 32.2 Å². The summed E-state index contributed by atoms with van der Waals surface area (Å²) in [6, 6.07) is 6.78. The largest absolute Gasteiger partial charge is 0.493 e. The zero-order valence-corrected chi connectivity index (χ0v) is 18.3. The van der Waals surface area contributed by atoms with Gasteiger partial charge in [0.1, 0.15) is 18.2 Å². The fourth-order valence-corrected chi connectivity index (χ4v) is 3.83. The molecule has 2 atom stereocenters. The van der Waals surface area contributed by atoms with Crippen LogP contribution in [0.25, 0.3) is 22.3 Å². The third-order valence-corrected chi connectivity index (χ3v) is 5.56. The highest BCUT2D eigenvalue weighted by molar-refractivity contribution is 5.85. The molecule has 2 aromatic heterocycles. The highest BCUT2D eigenvalue weighted by atomic mass is 19.4. The summed E-state index contributed by atoms with van der Waals surface area (Å²) in [4.78, 5) is 20.3. The third kappa shape index (κ3) is 4.81. The van der Waals surface area contributed by atoms with E-state index in [1.165, 1.54) is 14.2 Å². The molecule has 1 amide bonds. The van der Waals surface area contributed by atoms with Gasteiger partial charge in [-0.25, -0.2) is 9.97 Å². The summed E-state index contributed by atoms with van der Waals surface area (Å²) in [7, 11) is 3.02. The lowest BCUT2D eigenvalue weighted by Crippen LogP contribution is -2.26. The number of imidazole rings is 1. The summed E-state index contributed by atoms with van der Waals surface area (Å²) < 4.78 is 57.1. The summed E-state index contributed by atoms with van der Waals surface area (Å²) in [6.07, 6.45) is -3.51. The van der Waals surface area contributed by atoms with Gasteiger partial charge in [-0.3, -0.25) is 4.79 Å². The third-order valence-electron chi connectivity index (χ3n) is 5.56. The number of carbonyl (C=O) groups excluding carboxylic acids is 1. The van der Waals surface area contributed by atoms with Crippen molar-refractivity contribution in [3.8, 4) is 28.6 Å². The van der Waals surface area contributed by atoms with Crippen LogP contribution >= 0.6 is 0 Å². The lowest BCUT2D eigenvalue weighted by atomic mass is 10.0. The molecule has 3 heterocycles. The number of benzene rings is 1. The highest BCUT2D eigenvalue weighted by Crippen LogP contribution is 2.36. The number of hydrogen-bond donors (Lipinski definition) is 1. The van der Waals surface area contributed by atoms with Crippen molar-refractivity contribution in [1.82, 2.24) is 19.9 Å². The lowest BCUT2D eigenvalue weighted by molar-refractivity contribution is -0.140. The summed E-state index contributed by atoms with van der Waals surface area (Å²) >= 11 is 0. The number of fused-ring (bicyclic) bond motifs is 1. The van der Waals surface area contributed by atoms with Gasteiger partial charge in [-0.15, -0.1) is 0 Å². The minimum absolute atomic E-state index is 0.0193. The minimum atomic E-state index is -4.44. The summed E-state index contributed by atoms with van der Waals surface area (Å²) in [5, 5.41) is 2.74. The van der Waals surface area contributed by atoms with Crippen LogP contribution in [-0.2, 0) is 11.3 Å². The van der Waals surface area contributed by atoms with E-state index in [2.05, 4.69) is 15.3 Å². The van der Waals surface area contributed by atoms with E-state index in [0.717, 1.165) is 10.9 Å². The fraction of sp³-hybridized carbons (Fsp3) is 0.409. The molecule has 8 nitrogen and oxygen atoms in total. The first-order valence-corrected chi connectivity index (χ1v) is 10.3. The summed E-state index contributed by atoms with van der Waals surface area (Å²) in [5.74, 6) is 0.810. The van der Waals surface area contributed by atoms with Crippen LogP contribution in [-0.4, -0.2) is 53.5 Å². The van der Waals surface area contributed by atoms with E-state index < -0.39 is 18.8 Å². The van der Waals surface area contributed by atoms with Crippen molar-refractivity contribution in [2.45, 2.75) is 32.2 Å². The predicted octanol–water partition coefficient (Wildman–Crippen LogP) is 3.58. The Labute approximate surface area is 187 Å². The topological polar surface area (TPSA) is 87.5 Å². The van der Waals surface area contributed by atoms with Crippen LogP contribution in [0.3, 0.4) is 0 Å². The van der Waals surface area contributed by atoms with Crippen LogP contribution in [0.4, 0.5) is 13.2 Å². The van der Waals surface area contributed by atoms with Crippen LogP contribution in [0.2, 0.25) is 0 Å². The van der Waals surface area contributed by atoms with Crippen molar-refractivity contribution in [2.75, 3.05) is 20.8 Å². The van der Waals surface area contributed by atoms with Crippen LogP contribution in [0.1, 0.15) is 13.3 Å². The molecule has 0 aliphatic carbocycles. The molecule has 33 heavy (non-hydrogen) atoms. The molecule has 176 valence electrons. The van der Waals surface area contributed by atoms with E-state index in [9.17, 15) is 18.0 Å². The van der Waals surface area contributed by atoms with Crippen molar-refractivity contribution in [3.63, 3.8) is 0 Å². The maximum Gasteiger partial charge on any atom is 0.406 e. The number of amides is 1. The van der Waals surface area contributed by atoms with Gasteiger partial charge < -0.3 is 24.1 Å². The molecular weight excluding hydrogens is 441 g/mol. The van der Waals surface area contributed by atoms with E-state index in [-0.39, 0.29) is 29.6 Å². The molecule has 1 fully saturated rings. The van der Waals surface area contributed by atoms with Gasteiger partial charge >= 0.3 is 6.18 Å². The second-order valence-corrected chi connectivity index (χ2v) is 7.83. The minimum Gasteiger partial charge on any atom is -0.493 e. The first-order chi connectivity index (χ1) is 15.7. The predicted molar refractivity (Wildman–Crippen MR) is 113 cm³/mol. The number of methoxy groups -OCH3 is 2. The Bertz CT molecular complexity index is 1180. The number of nitrogens with one attached hydrogen (secondary N) is 1. The zero-order chi connectivity index (χ0) is 23.8. The summed E-state index contributed by atoms with van der Waals surface area (Å²) in [6.45, 7) is 0.974. The normalized spacial score (nSPS) is 17.2. The molecule has 1 aliphatic heterocycles. The molecule has 4 rings (SSSR count). The van der Waals surface area contributed by atoms with Gasteiger partial charge in [-0.2, -0.15) is 13.2 Å². The number of ether oxygens (including phenoxy) is 3. The molecule has 3 aromatic rings. The lowest BCUT2D eigenvalue weighted by Gasteiger charge is -2.20. The average Bonchev–Trinajstić information content (AvgIpc) is 3.38. The number of carbonyl (C=O) groups is 1. The Morgan fingerprint density at radius 2 is 1.97 bits per heavy atom. The van der Waals surface area contributed by atoms with Crippen LogP contribution < -0.4 is 19.5 Å². The Kier molecular flexibility index (Phi) is 6.05. The van der Waals surface area contributed by atoms with E-state index in [0.29, 0.717) is 34.8 Å². The molecule has 1 N–H and O–H groups in total. The Hall–Kier alpha value is -3.50. The van der Waals surface area contributed by atoms with E-state index in [4.69, 9.17) is 14.2 Å². The fourth-order valence-electron chi connectivity index (χ4n) is 3.83. The quantitative estimate of drug-likeness (QED) is 0.575. The van der Waals surface area contributed by atoms with Gasteiger partial charge in [0.2, 0.25) is 11.8 Å². The average molecular weight is 464 g/mol. The van der Waals surface area contributed by atoms with Gasteiger partial charge in [0.25, 0.3) is 0 Å². The molecule has 1 unspecified atom stereocenters. The number of pyridine rings is 1. The maximum atomic E-state index is 13.1. The molecule has 11 heteroatoms. The van der Waals surface area contributed by atoms with E-state index in [1.807, 2.05) is 0 Å². The number of hydrogen-bond acceptors (Lipinski definition) is 6. The standard InChI is InChI=1S/C22H23F3N4O4/c1-12(14-7-19(30)26-9-14)33-21-20-16(27-11-29(20)10-22(23,24)25)8-15(28-21)13-4-5-17(31-2)18(6-13)32-3/h4-6,8,11-12,14H,7,9-10H2,1-3H3,(H,26,30)/t12?,14-/m1/s1. The molecule has 0 spiro atoms. The number of aromatic nitrogens is 3. The number of alkyl halides is 3. The van der Waals surface area contributed by atoms with E-state index in [1.54, 1.807) is 31.2 Å². The van der Waals surface area contributed by atoms with Crippen molar-refractivity contribution in [1.29, 1.82) is 0 Å². The monoisotopic (exact) mass is 464 g/mol. The maximum absolute atomic E-state index is 13.1. The molecule has 0 saturated carbocycles. The number of rotatable bonds is 7. The van der Waals surface area contributed by atoms with Gasteiger partial charge in [-0.05, 0) is 31.2 Å². The smallest absolute Gasteiger partial charge is 0.406 e. The van der Waals surface area contributed by atoms with Gasteiger partial charge in [0.05, 0.1) is 31.8 Å². The van der Waals surface area contributed by atoms with Crippen molar-refractivity contribution >= 4 is 16.9 Å². The second-order valence-electron chi connectivity index (χ2n) is 7.83. The molecule has 1 saturated heterocycles. The number of halogens is 3.